The highest BCUT2D eigenvalue weighted by Gasteiger charge is 2.07. The molecule has 1 aromatic heterocycles. The van der Waals surface area contributed by atoms with Gasteiger partial charge in [-0.1, -0.05) is 37.3 Å². The fourth-order valence-electron chi connectivity index (χ4n) is 1.95. The zero-order valence-corrected chi connectivity index (χ0v) is 11.0. The molecule has 0 saturated carbocycles. The Hall–Kier alpha value is -2.16. The maximum Gasteiger partial charge on any atom is 0.252 e. The first-order valence-electron chi connectivity index (χ1n) is 6.50. The molecule has 98 valence electrons. The standard InChI is InChI=1S/C16H18N2O/c1-13(14-6-3-2-4-7-14)9-11-18-16(19)15-8-5-10-17-12-15/h2-8,10,12-13H,9,11H2,1H3,(H,18,19). The van der Waals surface area contributed by atoms with Crippen LogP contribution >= 0.6 is 0 Å². The van der Waals surface area contributed by atoms with Crippen LogP contribution in [-0.2, 0) is 0 Å². The van der Waals surface area contributed by atoms with Crippen molar-refractivity contribution in [1.82, 2.24) is 10.3 Å². The molecule has 0 aliphatic heterocycles. The summed E-state index contributed by atoms with van der Waals surface area (Å²) in [6.45, 7) is 2.84. The van der Waals surface area contributed by atoms with E-state index in [1.54, 1.807) is 24.5 Å². The van der Waals surface area contributed by atoms with Crippen LogP contribution in [-0.4, -0.2) is 17.4 Å². The van der Waals surface area contributed by atoms with Crippen molar-refractivity contribution >= 4 is 5.91 Å². The van der Waals surface area contributed by atoms with E-state index in [0.29, 0.717) is 18.0 Å². The molecule has 2 aromatic rings. The lowest BCUT2D eigenvalue weighted by Gasteiger charge is -2.12. The van der Waals surface area contributed by atoms with Gasteiger partial charge in [0.25, 0.3) is 5.91 Å². The van der Waals surface area contributed by atoms with Gasteiger partial charge in [0.15, 0.2) is 0 Å². The van der Waals surface area contributed by atoms with Crippen LogP contribution in [0.4, 0.5) is 0 Å². The largest absolute Gasteiger partial charge is 0.352 e. The zero-order valence-electron chi connectivity index (χ0n) is 11.0. The average molecular weight is 254 g/mol. The number of hydrogen-bond acceptors (Lipinski definition) is 2. The molecular weight excluding hydrogens is 236 g/mol. The zero-order chi connectivity index (χ0) is 13.5. The lowest BCUT2D eigenvalue weighted by atomic mass is 9.98. The maximum atomic E-state index is 11.8. The summed E-state index contributed by atoms with van der Waals surface area (Å²) in [5.74, 6) is 0.378. The summed E-state index contributed by atoms with van der Waals surface area (Å²) < 4.78 is 0. The number of hydrogen-bond donors (Lipinski definition) is 1. The number of benzene rings is 1. The highest BCUT2D eigenvalue weighted by atomic mass is 16.1. The van der Waals surface area contributed by atoms with Gasteiger partial charge in [-0.15, -0.1) is 0 Å². The number of rotatable bonds is 5. The van der Waals surface area contributed by atoms with Crippen LogP contribution in [0.2, 0.25) is 0 Å². The van der Waals surface area contributed by atoms with E-state index < -0.39 is 0 Å². The molecule has 0 radical (unpaired) electrons. The number of nitrogens with zero attached hydrogens (tertiary/aromatic N) is 1. The molecule has 0 bridgehead atoms. The van der Waals surface area contributed by atoms with E-state index in [0.717, 1.165) is 6.42 Å². The molecule has 0 aliphatic rings. The Morgan fingerprint density at radius 1 is 1.21 bits per heavy atom. The van der Waals surface area contributed by atoms with E-state index in [1.165, 1.54) is 5.56 Å². The van der Waals surface area contributed by atoms with E-state index in [4.69, 9.17) is 0 Å². The Morgan fingerprint density at radius 2 is 2.00 bits per heavy atom. The van der Waals surface area contributed by atoms with E-state index in [9.17, 15) is 4.79 Å². The van der Waals surface area contributed by atoms with Crippen LogP contribution < -0.4 is 5.32 Å². The van der Waals surface area contributed by atoms with Crippen LogP contribution in [0.15, 0.2) is 54.9 Å². The van der Waals surface area contributed by atoms with Crippen LogP contribution in [0.25, 0.3) is 0 Å². The molecule has 1 atom stereocenters. The smallest absolute Gasteiger partial charge is 0.252 e. The van der Waals surface area contributed by atoms with Gasteiger partial charge in [0, 0.05) is 18.9 Å². The van der Waals surface area contributed by atoms with Crippen LogP contribution in [0.5, 0.6) is 0 Å². The summed E-state index contributed by atoms with van der Waals surface area (Å²) in [5, 5.41) is 2.92. The molecule has 1 amide bonds. The van der Waals surface area contributed by atoms with Gasteiger partial charge in [0.1, 0.15) is 0 Å². The SMILES string of the molecule is CC(CCNC(=O)c1cccnc1)c1ccccc1. The fraction of sp³-hybridized carbons (Fsp3) is 0.250. The van der Waals surface area contributed by atoms with Gasteiger partial charge < -0.3 is 5.32 Å². The number of pyridine rings is 1. The number of aromatic nitrogens is 1. The summed E-state index contributed by atoms with van der Waals surface area (Å²) in [5.41, 5.74) is 1.91. The summed E-state index contributed by atoms with van der Waals surface area (Å²) in [7, 11) is 0. The van der Waals surface area contributed by atoms with Gasteiger partial charge >= 0.3 is 0 Å². The normalized spacial score (nSPS) is 11.8. The molecule has 0 saturated heterocycles. The quantitative estimate of drug-likeness (QED) is 0.891. The number of carbonyl (C=O) groups excluding carboxylic acids is 1. The molecule has 0 aliphatic carbocycles. The summed E-state index contributed by atoms with van der Waals surface area (Å²) >= 11 is 0. The van der Waals surface area contributed by atoms with Gasteiger partial charge in [-0.3, -0.25) is 9.78 Å². The molecule has 0 fully saturated rings. The van der Waals surface area contributed by atoms with Gasteiger partial charge in [0.05, 0.1) is 5.56 Å². The third-order valence-corrected chi connectivity index (χ3v) is 3.16. The predicted octanol–water partition coefficient (Wildman–Crippen LogP) is 3.01. The topological polar surface area (TPSA) is 42.0 Å². The Labute approximate surface area is 113 Å². The first-order chi connectivity index (χ1) is 9.27. The van der Waals surface area contributed by atoms with Gasteiger partial charge in [0.2, 0.25) is 0 Å². The van der Waals surface area contributed by atoms with Crippen molar-refractivity contribution in [3.05, 3.63) is 66.0 Å². The molecule has 19 heavy (non-hydrogen) atoms. The highest BCUT2D eigenvalue weighted by molar-refractivity contribution is 5.93. The molecule has 1 N–H and O–H groups in total. The first kappa shape index (κ1) is 13.3. The Balaban J connectivity index is 1.79. The summed E-state index contributed by atoms with van der Waals surface area (Å²) in [6.07, 6.45) is 4.17. The minimum absolute atomic E-state index is 0.0617. The highest BCUT2D eigenvalue weighted by Crippen LogP contribution is 2.17. The van der Waals surface area contributed by atoms with Gasteiger partial charge in [-0.2, -0.15) is 0 Å². The second-order valence-electron chi connectivity index (χ2n) is 4.60. The Bertz CT molecular complexity index is 511. The van der Waals surface area contributed by atoms with E-state index in [-0.39, 0.29) is 5.91 Å². The summed E-state index contributed by atoms with van der Waals surface area (Å²) in [6, 6.07) is 13.9. The van der Waals surface area contributed by atoms with Crippen molar-refractivity contribution in [3.63, 3.8) is 0 Å². The van der Waals surface area contributed by atoms with E-state index in [1.807, 2.05) is 18.2 Å². The predicted molar refractivity (Wildman–Crippen MR) is 76.0 cm³/mol. The average Bonchev–Trinajstić information content (AvgIpc) is 2.49. The van der Waals surface area contributed by atoms with Gasteiger partial charge in [-0.05, 0) is 30.0 Å². The molecule has 2 rings (SSSR count). The van der Waals surface area contributed by atoms with E-state index in [2.05, 4.69) is 29.4 Å². The van der Waals surface area contributed by atoms with Crippen molar-refractivity contribution in [2.75, 3.05) is 6.54 Å². The van der Waals surface area contributed by atoms with E-state index >= 15 is 0 Å². The van der Waals surface area contributed by atoms with Crippen LogP contribution in [0.3, 0.4) is 0 Å². The molecule has 1 heterocycles. The molecule has 1 aromatic carbocycles. The van der Waals surface area contributed by atoms with Gasteiger partial charge in [-0.25, -0.2) is 0 Å². The molecule has 3 nitrogen and oxygen atoms in total. The molecule has 0 spiro atoms. The second-order valence-corrected chi connectivity index (χ2v) is 4.60. The first-order valence-corrected chi connectivity index (χ1v) is 6.50. The lowest BCUT2D eigenvalue weighted by Crippen LogP contribution is -2.25. The Morgan fingerprint density at radius 3 is 2.68 bits per heavy atom. The van der Waals surface area contributed by atoms with Crippen molar-refractivity contribution < 1.29 is 4.79 Å². The summed E-state index contributed by atoms with van der Waals surface area (Å²) in [4.78, 5) is 15.7. The monoisotopic (exact) mass is 254 g/mol. The Kier molecular flexibility index (Phi) is 4.67. The van der Waals surface area contributed by atoms with Crippen molar-refractivity contribution in [3.8, 4) is 0 Å². The lowest BCUT2D eigenvalue weighted by molar-refractivity contribution is 0.0952. The van der Waals surface area contributed by atoms with Crippen molar-refractivity contribution in [2.24, 2.45) is 0 Å². The number of amides is 1. The third kappa shape index (κ3) is 3.91. The maximum absolute atomic E-state index is 11.8. The number of nitrogens with one attached hydrogen (secondary N) is 1. The van der Waals surface area contributed by atoms with Crippen LogP contribution in [0.1, 0.15) is 35.2 Å². The molecule has 1 unspecified atom stereocenters. The van der Waals surface area contributed by atoms with Crippen molar-refractivity contribution in [1.29, 1.82) is 0 Å². The second kappa shape index (κ2) is 6.69. The fourth-order valence-corrected chi connectivity index (χ4v) is 1.95. The third-order valence-electron chi connectivity index (χ3n) is 3.16. The minimum Gasteiger partial charge on any atom is -0.352 e. The number of carbonyl (C=O) groups is 1. The minimum atomic E-state index is -0.0617. The van der Waals surface area contributed by atoms with Crippen molar-refractivity contribution in [2.45, 2.75) is 19.3 Å². The molecular formula is C16H18N2O. The molecule has 3 heteroatoms. The van der Waals surface area contributed by atoms with Crippen LogP contribution in [0, 0.1) is 0 Å².